The molecule has 0 aromatic carbocycles. The number of nitrogen functional groups attached to an aromatic ring is 1. The minimum Gasteiger partial charge on any atom is -0.454 e. The number of esters is 1. The van der Waals surface area contributed by atoms with Crippen LogP contribution in [0.4, 0.5) is 5.69 Å². The number of anilines is 1. The molecule has 2 heterocycles. The van der Waals surface area contributed by atoms with Gasteiger partial charge in [-0.2, -0.15) is 10.2 Å². The number of nitrogens with two attached hydrogens (primary N) is 1. The molecule has 2 aromatic rings. The Bertz CT molecular complexity index is 642. The van der Waals surface area contributed by atoms with Gasteiger partial charge in [0.15, 0.2) is 5.69 Å². The van der Waals surface area contributed by atoms with E-state index in [0.29, 0.717) is 23.5 Å². The Labute approximate surface area is 123 Å². The first-order valence-electron chi connectivity index (χ1n) is 6.96. The maximum absolute atomic E-state index is 12.1. The molecule has 7 nitrogen and oxygen atoms in total. The number of aryl methyl sites for hydroxylation is 2. The summed E-state index contributed by atoms with van der Waals surface area (Å²) in [6.07, 6.45) is 2.53. The molecule has 0 atom stereocenters. The summed E-state index contributed by atoms with van der Waals surface area (Å²) in [5, 5.41) is 8.53. The molecule has 0 radical (unpaired) electrons. The summed E-state index contributed by atoms with van der Waals surface area (Å²) >= 11 is 0. The largest absolute Gasteiger partial charge is 0.454 e. The lowest BCUT2D eigenvalue weighted by Gasteiger charge is -2.05. The number of nitrogens with zero attached hydrogens (tertiary/aromatic N) is 4. The number of carbonyl (C=O) groups is 1. The Kier molecular flexibility index (Phi) is 4.30. The van der Waals surface area contributed by atoms with Crippen LogP contribution in [0.15, 0.2) is 12.3 Å². The monoisotopic (exact) mass is 291 g/mol. The van der Waals surface area contributed by atoms with Crippen LogP contribution in [0.25, 0.3) is 0 Å². The summed E-state index contributed by atoms with van der Waals surface area (Å²) in [5.74, 6) is -0.485. The van der Waals surface area contributed by atoms with Gasteiger partial charge in [0.05, 0.1) is 17.1 Å². The summed E-state index contributed by atoms with van der Waals surface area (Å²) in [6, 6.07) is 2.10. The molecule has 2 aromatic heterocycles. The van der Waals surface area contributed by atoms with Gasteiger partial charge in [0.25, 0.3) is 0 Å². The van der Waals surface area contributed by atoms with Crippen molar-refractivity contribution < 1.29 is 9.53 Å². The van der Waals surface area contributed by atoms with Crippen LogP contribution >= 0.6 is 0 Å². The van der Waals surface area contributed by atoms with Crippen molar-refractivity contribution in [2.75, 3.05) is 5.73 Å². The second-order valence-electron chi connectivity index (χ2n) is 5.14. The third-order valence-corrected chi connectivity index (χ3v) is 3.23. The third-order valence-electron chi connectivity index (χ3n) is 3.23. The van der Waals surface area contributed by atoms with Crippen LogP contribution in [-0.2, 0) is 24.8 Å². The van der Waals surface area contributed by atoms with Crippen molar-refractivity contribution in [3.8, 4) is 0 Å². The quantitative estimate of drug-likeness (QED) is 0.847. The Balaban J connectivity index is 2.06. The van der Waals surface area contributed by atoms with E-state index in [2.05, 4.69) is 10.2 Å². The smallest absolute Gasteiger partial charge is 0.359 e. The zero-order chi connectivity index (χ0) is 15.6. The molecular formula is C14H21N5O2. The molecule has 0 saturated heterocycles. The highest BCUT2D eigenvalue weighted by Gasteiger charge is 2.20. The van der Waals surface area contributed by atoms with Crippen molar-refractivity contribution in [1.82, 2.24) is 19.6 Å². The third kappa shape index (κ3) is 3.07. The van der Waals surface area contributed by atoms with Gasteiger partial charge in [-0.1, -0.05) is 6.92 Å². The van der Waals surface area contributed by atoms with Gasteiger partial charge < -0.3 is 10.5 Å². The molecule has 0 bridgehead atoms. The Morgan fingerprint density at radius 1 is 1.43 bits per heavy atom. The molecule has 0 spiro atoms. The minimum absolute atomic E-state index is 0.116. The van der Waals surface area contributed by atoms with E-state index in [1.807, 2.05) is 37.7 Å². The molecule has 0 amide bonds. The molecule has 0 saturated carbocycles. The van der Waals surface area contributed by atoms with Crippen molar-refractivity contribution >= 4 is 11.7 Å². The van der Waals surface area contributed by atoms with Gasteiger partial charge in [0, 0.05) is 19.3 Å². The fourth-order valence-corrected chi connectivity index (χ4v) is 2.05. The van der Waals surface area contributed by atoms with E-state index in [1.165, 1.54) is 4.68 Å². The van der Waals surface area contributed by atoms with E-state index >= 15 is 0 Å². The first-order valence-corrected chi connectivity index (χ1v) is 6.96. The van der Waals surface area contributed by atoms with Crippen LogP contribution in [0.5, 0.6) is 0 Å². The zero-order valence-electron chi connectivity index (χ0n) is 12.8. The standard InChI is InChI=1S/C14H21N5O2/c1-5-11-12(15)13(18(4)17-11)14(20)21-8-10-6-7-19(16-10)9(2)3/h6-7,9H,5,8,15H2,1-4H3. The highest BCUT2D eigenvalue weighted by Crippen LogP contribution is 2.18. The van der Waals surface area contributed by atoms with E-state index in [-0.39, 0.29) is 18.3 Å². The highest BCUT2D eigenvalue weighted by molar-refractivity contribution is 5.93. The Hall–Kier alpha value is -2.31. The van der Waals surface area contributed by atoms with E-state index in [4.69, 9.17) is 10.5 Å². The normalized spacial score (nSPS) is 11.1. The van der Waals surface area contributed by atoms with Crippen LogP contribution < -0.4 is 5.73 Å². The van der Waals surface area contributed by atoms with Crippen LogP contribution in [-0.4, -0.2) is 25.5 Å². The average molecular weight is 291 g/mol. The van der Waals surface area contributed by atoms with Crippen molar-refractivity contribution in [1.29, 1.82) is 0 Å². The number of hydrogen-bond donors (Lipinski definition) is 1. The molecule has 0 fully saturated rings. The summed E-state index contributed by atoms with van der Waals surface area (Å²) in [6.45, 7) is 6.12. The van der Waals surface area contributed by atoms with Gasteiger partial charge in [-0.15, -0.1) is 0 Å². The average Bonchev–Trinajstić information content (AvgIpc) is 3.01. The highest BCUT2D eigenvalue weighted by atomic mass is 16.5. The second kappa shape index (κ2) is 5.99. The summed E-state index contributed by atoms with van der Waals surface area (Å²) in [5.41, 5.74) is 8.00. The lowest BCUT2D eigenvalue weighted by atomic mass is 10.2. The van der Waals surface area contributed by atoms with Crippen molar-refractivity contribution in [3.63, 3.8) is 0 Å². The minimum atomic E-state index is -0.485. The lowest BCUT2D eigenvalue weighted by molar-refractivity contribution is 0.0455. The lowest BCUT2D eigenvalue weighted by Crippen LogP contribution is -2.13. The Morgan fingerprint density at radius 2 is 2.14 bits per heavy atom. The van der Waals surface area contributed by atoms with Gasteiger partial charge in [-0.05, 0) is 26.3 Å². The molecule has 2 N–H and O–H groups in total. The van der Waals surface area contributed by atoms with Gasteiger partial charge >= 0.3 is 5.97 Å². The molecular weight excluding hydrogens is 270 g/mol. The molecule has 2 rings (SSSR count). The topological polar surface area (TPSA) is 88.0 Å². The zero-order valence-corrected chi connectivity index (χ0v) is 12.8. The van der Waals surface area contributed by atoms with Crippen LogP contribution in [0, 0.1) is 0 Å². The number of hydrogen-bond acceptors (Lipinski definition) is 5. The molecule has 7 heteroatoms. The first kappa shape index (κ1) is 15.1. The summed E-state index contributed by atoms with van der Waals surface area (Å²) in [4.78, 5) is 12.1. The van der Waals surface area contributed by atoms with E-state index in [1.54, 1.807) is 7.05 Å². The first-order chi connectivity index (χ1) is 9.93. The van der Waals surface area contributed by atoms with Crippen LogP contribution in [0.1, 0.15) is 48.7 Å². The molecule has 114 valence electrons. The van der Waals surface area contributed by atoms with Crippen LogP contribution in [0.2, 0.25) is 0 Å². The van der Waals surface area contributed by atoms with Crippen LogP contribution in [0.3, 0.4) is 0 Å². The number of carbonyl (C=O) groups excluding carboxylic acids is 1. The maximum atomic E-state index is 12.1. The predicted molar refractivity (Wildman–Crippen MR) is 78.7 cm³/mol. The SMILES string of the molecule is CCc1nn(C)c(C(=O)OCc2ccn(C(C)C)n2)c1N. The molecule has 0 aliphatic carbocycles. The van der Waals surface area contributed by atoms with Gasteiger partial charge in [-0.25, -0.2) is 4.79 Å². The van der Waals surface area contributed by atoms with E-state index in [9.17, 15) is 4.79 Å². The van der Waals surface area contributed by atoms with Gasteiger partial charge in [-0.3, -0.25) is 9.36 Å². The summed E-state index contributed by atoms with van der Waals surface area (Å²) in [7, 11) is 1.68. The van der Waals surface area contributed by atoms with Crippen molar-refractivity contribution in [3.05, 3.63) is 29.3 Å². The van der Waals surface area contributed by atoms with Crippen molar-refractivity contribution in [2.45, 2.75) is 39.8 Å². The molecule has 21 heavy (non-hydrogen) atoms. The maximum Gasteiger partial charge on any atom is 0.359 e. The summed E-state index contributed by atoms with van der Waals surface area (Å²) < 4.78 is 8.55. The predicted octanol–water partition coefficient (Wildman–Crippen LogP) is 1.70. The van der Waals surface area contributed by atoms with Gasteiger partial charge in [0.2, 0.25) is 0 Å². The molecule has 0 aliphatic rings. The Morgan fingerprint density at radius 3 is 2.67 bits per heavy atom. The fraction of sp³-hybridized carbons (Fsp3) is 0.500. The van der Waals surface area contributed by atoms with E-state index in [0.717, 1.165) is 0 Å². The van der Waals surface area contributed by atoms with Gasteiger partial charge in [0.1, 0.15) is 6.61 Å². The van der Waals surface area contributed by atoms with E-state index < -0.39 is 5.97 Å². The number of ether oxygens (including phenoxy) is 1. The second-order valence-corrected chi connectivity index (χ2v) is 5.14. The molecule has 0 aliphatic heterocycles. The number of rotatable bonds is 5. The number of aromatic nitrogens is 4. The fourth-order valence-electron chi connectivity index (χ4n) is 2.05. The molecule has 0 unspecified atom stereocenters. The van der Waals surface area contributed by atoms with Crippen molar-refractivity contribution in [2.24, 2.45) is 7.05 Å².